The summed E-state index contributed by atoms with van der Waals surface area (Å²) in [7, 11) is 0. The van der Waals surface area contributed by atoms with E-state index in [-0.39, 0.29) is 11.0 Å². The molecule has 1 heterocycles. The molecule has 4 aromatic rings. The number of rotatable bonds is 4. The molecule has 36 heavy (non-hydrogen) atoms. The van der Waals surface area contributed by atoms with Crippen LogP contribution in [0.4, 0.5) is 0 Å². The molecule has 3 nitrogen and oxygen atoms in total. The van der Waals surface area contributed by atoms with Gasteiger partial charge in [0.05, 0.1) is 16.9 Å². The molecule has 6 rings (SSSR count). The van der Waals surface area contributed by atoms with Crippen molar-refractivity contribution in [2.75, 3.05) is 0 Å². The van der Waals surface area contributed by atoms with Crippen LogP contribution in [-0.2, 0) is 17.6 Å². The third-order valence-corrected chi connectivity index (χ3v) is 9.27. The van der Waals surface area contributed by atoms with Gasteiger partial charge in [0.15, 0.2) is 5.16 Å². The van der Waals surface area contributed by atoms with Crippen molar-refractivity contribution in [2.24, 2.45) is 0 Å². The first-order valence-electron chi connectivity index (χ1n) is 12.7. The maximum atomic E-state index is 14.6. The Labute approximate surface area is 225 Å². The molecule has 0 radical (unpaired) electrons. The highest BCUT2D eigenvalue weighted by atomic mass is 79.9. The van der Waals surface area contributed by atoms with Crippen LogP contribution in [0.25, 0.3) is 16.9 Å². The third kappa shape index (κ3) is 4.26. The van der Waals surface area contributed by atoms with Gasteiger partial charge < -0.3 is 0 Å². The summed E-state index contributed by atoms with van der Waals surface area (Å²) in [6.45, 7) is 2.08. The number of aromatic nitrogens is 2. The summed E-state index contributed by atoms with van der Waals surface area (Å²) >= 11 is 5.17. The van der Waals surface area contributed by atoms with E-state index in [0.717, 1.165) is 62.7 Å². The number of hydrogen-bond donors (Lipinski definition) is 0. The van der Waals surface area contributed by atoms with Crippen LogP contribution in [0.1, 0.15) is 54.4 Å². The van der Waals surface area contributed by atoms with E-state index in [4.69, 9.17) is 4.98 Å². The summed E-state index contributed by atoms with van der Waals surface area (Å²) in [6.07, 6.45) is 6.65. The highest BCUT2D eigenvalue weighted by Gasteiger charge is 2.43. The summed E-state index contributed by atoms with van der Waals surface area (Å²) < 4.78 is 2.95. The summed E-state index contributed by atoms with van der Waals surface area (Å²) in [6, 6.07) is 25.2. The van der Waals surface area contributed by atoms with Crippen molar-refractivity contribution in [1.29, 1.82) is 0 Å². The Morgan fingerprint density at radius 2 is 1.75 bits per heavy atom. The van der Waals surface area contributed by atoms with E-state index in [9.17, 15) is 4.79 Å². The first kappa shape index (κ1) is 23.7. The molecule has 0 unspecified atom stereocenters. The number of thioether (sulfide) groups is 1. The zero-order chi connectivity index (χ0) is 24.7. The maximum absolute atomic E-state index is 14.6. The lowest BCUT2D eigenvalue weighted by Gasteiger charge is -2.42. The molecule has 0 saturated heterocycles. The molecule has 182 valence electrons. The molecule has 2 aliphatic carbocycles. The largest absolute Gasteiger partial charge is 0.268 e. The molecule has 0 aliphatic heterocycles. The lowest BCUT2D eigenvalue weighted by atomic mass is 9.62. The Hall–Kier alpha value is -2.63. The van der Waals surface area contributed by atoms with Crippen molar-refractivity contribution in [2.45, 2.75) is 61.8 Å². The van der Waals surface area contributed by atoms with Gasteiger partial charge in [0, 0.05) is 21.2 Å². The molecule has 1 fully saturated rings. The topological polar surface area (TPSA) is 34.9 Å². The second-order valence-electron chi connectivity index (χ2n) is 10.2. The van der Waals surface area contributed by atoms with E-state index < -0.39 is 0 Å². The van der Waals surface area contributed by atoms with Gasteiger partial charge in [-0.15, -0.1) is 0 Å². The normalized spacial score (nSPS) is 15.9. The molecule has 2 aliphatic rings. The van der Waals surface area contributed by atoms with E-state index in [1.54, 1.807) is 11.8 Å². The first-order chi connectivity index (χ1) is 17.5. The van der Waals surface area contributed by atoms with E-state index in [0.29, 0.717) is 0 Å². The Morgan fingerprint density at radius 3 is 2.53 bits per heavy atom. The molecule has 1 spiro atoms. The summed E-state index contributed by atoms with van der Waals surface area (Å²) in [5.74, 6) is 0.747. The fraction of sp³-hybridized carbons (Fsp3) is 0.290. The Kier molecular flexibility index (Phi) is 6.38. The summed E-state index contributed by atoms with van der Waals surface area (Å²) in [5.41, 5.74) is 7.54. The zero-order valence-corrected chi connectivity index (χ0v) is 22.9. The van der Waals surface area contributed by atoms with Crippen molar-refractivity contribution in [3.63, 3.8) is 0 Å². The Balaban J connectivity index is 1.57. The lowest BCUT2D eigenvalue weighted by Crippen LogP contribution is -2.42. The van der Waals surface area contributed by atoms with Crippen LogP contribution in [0.5, 0.6) is 0 Å². The second kappa shape index (κ2) is 9.68. The molecular formula is C31H29BrN2OS. The van der Waals surface area contributed by atoms with Crippen molar-refractivity contribution in [3.05, 3.63) is 110 Å². The van der Waals surface area contributed by atoms with Gasteiger partial charge in [0.2, 0.25) is 0 Å². The molecule has 0 atom stereocenters. The van der Waals surface area contributed by atoms with E-state index in [2.05, 4.69) is 83.5 Å². The number of halogens is 1. The van der Waals surface area contributed by atoms with Gasteiger partial charge in [0.1, 0.15) is 0 Å². The molecule has 0 bridgehead atoms. The minimum atomic E-state index is -0.119. The predicted octanol–water partition coefficient (Wildman–Crippen LogP) is 8.02. The highest BCUT2D eigenvalue weighted by molar-refractivity contribution is 9.10. The molecule has 1 aromatic heterocycles. The number of hydrogen-bond acceptors (Lipinski definition) is 3. The van der Waals surface area contributed by atoms with Crippen molar-refractivity contribution >= 4 is 27.7 Å². The second-order valence-corrected chi connectivity index (χ2v) is 12.0. The van der Waals surface area contributed by atoms with Crippen LogP contribution in [0.15, 0.2) is 87.2 Å². The third-order valence-electron chi connectivity index (χ3n) is 7.74. The highest BCUT2D eigenvalue weighted by Crippen LogP contribution is 2.49. The monoisotopic (exact) mass is 556 g/mol. The zero-order valence-electron chi connectivity index (χ0n) is 20.5. The lowest BCUT2D eigenvalue weighted by molar-refractivity contribution is 0.283. The number of nitrogens with zero attached hydrogens (tertiary/aromatic N) is 2. The molecule has 0 amide bonds. The molecular weight excluding hydrogens is 528 g/mol. The minimum absolute atomic E-state index is 0.111. The summed E-state index contributed by atoms with van der Waals surface area (Å²) in [4.78, 5) is 19.9. The average Bonchev–Trinajstić information content (AvgIpc) is 2.88. The van der Waals surface area contributed by atoms with Crippen LogP contribution < -0.4 is 5.56 Å². The van der Waals surface area contributed by atoms with E-state index in [1.165, 1.54) is 30.4 Å². The van der Waals surface area contributed by atoms with Crippen LogP contribution >= 0.6 is 27.7 Å². The number of benzene rings is 3. The van der Waals surface area contributed by atoms with Crippen molar-refractivity contribution in [1.82, 2.24) is 9.55 Å². The Bertz CT molecular complexity index is 1490. The fourth-order valence-corrected chi connectivity index (χ4v) is 7.23. The molecule has 3 aromatic carbocycles. The fourth-order valence-electron chi connectivity index (χ4n) is 6.01. The average molecular weight is 558 g/mol. The van der Waals surface area contributed by atoms with E-state index >= 15 is 0 Å². The smallest absolute Gasteiger partial charge is 0.263 e. The number of fused-ring (bicyclic) bond motifs is 4. The van der Waals surface area contributed by atoms with Crippen molar-refractivity contribution in [3.8, 4) is 16.9 Å². The first-order valence-corrected chi connectivity index (χ1v) is 14.5. The van der Waals surface area contributed by atoms with Gasteiger partial charge in [-0.05, 0) is 67.1 Å². The molecule has 0 N–H and O–H groups in total. The standard InChI is InChI=1S/C31H29BrN2OS/c1-21-8-7-10-25(18-21)34-29(35)27-28(33-30(34)36-20-22-12-14-24(32)15-13-22)26-11-4-3-9-23(26)19-31(27)16-5-2-6-17-31/h3-4,7-15,18H,2,5-6,16-17,19-20H2,1H3. The molecule has 5 heteroatoms. The van der Waals surface area contributed by atoms with Gasteiger partial charge in [-0.25, -0.2) is 4.98 Å². The SMILES string of the molecule is Cc1cccc(-n2c(SCc3ccc(Br)cc3)nc3c(c2=O)C2(CCCCC2)Cc2ccccc2-3)c1. The van der Waals surface area contributed by atoms with Crippen LogP contribution in [0.3, 0.4) is 0 Å². The quantitative estimate of drug-likeness (QED) is 0.188. The number of aryl methyl sites for hydroxylation is 1. The maximum Gasteiger partial charge on any atom is 0.263 e. The molecule has 1 saturated carbocycles. The predicted molar refractivity (Wildman–Crippen MR) is 152 cm³/mol. The van der Waals surface area contributed by atoms with Gasteiger partial charge >= 0.3 is 0 Å². The van der Waals surface area contributed by atoms with Crippen LogP contribution in [0, 0.1) is 6.92 Å². The van der Waals surface area contributed by atoms with Crippen LogP contribution in [-0.4, -0.2) is 9.55 Å². The van der Waals surface area contributed by atoms with E-state index in [1.807, 2.05) is 16.7 Å². The minimum Gasteiger partial charge on any atom is -0.268 e. The van der Waals surface area contributed by atoms with Gasteiger partial charge in [0.25, 0.3) is 5.56 Å². The summed E-state index contributed by atoms with van der Waals surface area (Å²) in [5, 5.41) is 0.759. The van der Waals surface area contributed by atoms with Gasteiger partial charge in [-0.1, -0.05) is 95.5 Å². The van der Waals surface area contributed by atoms with Gasteiger partial charge in [-0.3, -0.25) is 9.36 Å². The van der Waals surface area contributed by atoms with Crippen LogP contribution in [0.2, 0.25) is 0 Å². The Morgan fingerprint density at radius 1 is 0.972 bits per heavy atom. The van der Waals surface area contributed by atoms with Crippen molar-refractivity contribution < 1.29 is 0 Å². The van der Waals surface area contributed by atoms with Gasteiger partial charge in [-0.2, -0.15) is 0 Å².